The maximum atomic E-state index is 6.41. The highest BCUT2D eigenvalue weighted by Crippen LogP contribution is 2.61. The molecule has 1 aliphatic carbocycles. The van der Waals surface area contributed by atoms with Crippen LogP contribution < -0.4 is 11.5 Å². The van der Waals surface area contributed by atoms with E-state index in [1.807, 2.05) is 18.4 Å². The molecule has 0 aromatic carbocycles. The van der Waals surface area contributed by atoms with Crippen LogP contribution >= 0.6 is 0 Å². The molecule has 1 saturated carbocycles. The molecule has 5 atom stereocenters. The van der Waals surface area contributed by atoms with Gasteiger partial charge >= 0.3 is 0 Å². The maximum absolute atomic E-state index is 6.41. The Morgan fingerprint density at radius 1 is 1.25 bits per heavy atom. The Balaban J connectivity index is 1.59. The summed E-state index contributed by atoms with van der Waals surface area (Å²) in [6.07, 6.45) is 3.20. The molecular weight excluding hydrogens is 312 g/mol. The van der Waals surface area contributed by atoms with E-state index in [0.717, 1.165) is 6.42 Å². The number of imidazole rings is 1. The van der Waals surface area contributed by atoms with E-state index in [0.29, 0.717) is 23.5 Å². The van der Waals surface area contributed by atoms with Crippen LogP contribution in [0.25, 0.3) is 11.2 Å². The minimum Gasteiger partial charge on any atom is -0.382 e. The third kappa shape index (κ3) is 1.75. The molecule has 9 nitrogen and oxygen atoms in total. The van der Waals surface area contributed by atoms with Gasteiger partial charge < -0.3 is 25.7 Å². The summed E-state index contributed by atoms with van der Waals surface area (Å²) in [5.74, 6) is -0.0311. The first kappa shape index (κ1) is 14.5. The second kappa shape index (κ2) is 4.42. The third-order valence-electron chi connectivity index (χ3n) is 5.27. The summed E-state index contributed by atoms with van der Waals surface area (Å²) in [6.45, 7) is 4.41. The van der Waals surface area contributed by atoms with Crippen molar-refractivity contribution < 1.29 is 14.2 Å². The van der Waals surface area contributed by atoms with Gasteiger partial charge in [0, 0.05) is 5.92 Å². The highest BCUT2D eigenvalue weighted by molar-refractivity contribution is 5.81. The van der Waals surface area contributed by atoms with Crippen LogP contribution in [0.5, 0.6) is 0 Å². The lowest BCUT2D eigenvalue weighted by Crippen LogP contribution is -2.34. The highest BCUT2D eigenvalue weighted by Gasteiger charge is 2.73. The van der Waals surface area contributed by atoms with Crippen LogP contribution in [0.3, 0.4) is 0 Å². The monoisotopic (exact) mass is 332 g/mol. The number of nitrogens with zero attached hydrogens (tertiary/aromatic N) is 4. The van der Waals surface area contributed by atoms with Crippen molar-refractivity contribution in [2.45, 2.75) is 50.1 Å². The minimum atomic E-state index is -0.656. The van der Waals surface area contributed by atoms with E-state index in [1.165, 1.54) is 6.33 Å². The molecule has 24 heavy (non-hydrogen) atoms. The third-order valence-corrected chi connectivity index (χ3v) is 5.27. The van der Waals surface area contributed by atoms with Crippen LogP contribution in [0.1, 0.15) is 26.5 Å². The van der Waals surface area contributed by atoms with Crippen molar-refractivity contribution in [3.63, 3.8) is 0 Å². The molecule has 2 saturated heterocycles. The van der Waals surface area contributed by atoms with Crippen LogP contribution in [-0.2, 0) is 14.2 Å². The molecular formula is C15H20N6O3. The molecule has 3 unspecified atom stereocenters. The quantitative estimate of drug-likeness (QED) is 0.798. The first-order valence-corrected chi connectivity index (χ1v) is 8.12. The summed E-state index contributed by atoms with van der Waals surface area (Å²) in [7, 11) is 0. The number of hydrogen-bond acceptors (Lipinski definition) is 8. The summed E-state index contributed by atoms with van der Waals surface area (Å²) in [6, 6.07) is 0. The second-order valence-electron chi connectivity index (χ2n) is 7.20. The topological polar surface area (TPSA) is 123 Å². The zero-order valence-corrected chi connectivity index (χ0v) is 13.5. The zero-order chi connectivity index (χ0) is 16.7. The van der Waals surface area contributed by atoms with Crippen molar-refractivity contribution in [1.82, 2.24) is 19.5 Å². The standard InChI is InChI=1S/C15H20N6O3/c1-14(2)22-9-10(23-14)15(3-7(15)4-16)24-13(9)21-6-20-8-11(17)18-5-19-12(8)21/h5-7,9-10,13H,3-4,16H2,1-2H3,(H2,17,18,19)/t7-,9?,10?,13?,15+/m1/s1. The molecule has 0 bridgehead atoms. The van der Waals surface area contributed by atoms with Gasteiger partial charge in [0.15, 0.2) is 23.5 Å². The number of anilines is 1. The van der Waals surface area contributed by atoms with Crippen LogP contribution in [0.4, 0.5) is 5.82 Å². The Bertz CT molecular complexity index is 823. The minimum absolute atomic E-state index is 0.150. The van der Waals surface area contributed by atoms with E-state index >= 15 is 0 Å². The number of aromatic nitrogens is 4. The summed E-state index contributed by atoms with van der Waals surface area (Å²) >= 11 is 0. The highest BCUT2D eigenvalue weighted by atomic mass is 16.8. The predicted molar refractivity (Wildman–Crippen MR) is 83.6 cm³/mol. The molecule has 3 aliphatic rings. The van der Waals surface area contributed by atoms with Crippen molar-refractivity contribution in [3.8, 4) is 0 Å². The fraction of sp³-hybridized carbons (Fsp3) is 0.667. The van der Waals surface area contributed by atoms with Gasteiger partial charge in [-0.3, -0.25) is 4.57 Å². The molecule has 3 fully saturated rings. The van der Waals surface area contributed by atoms with Gasteiger partial charge in [-0.05, 0) is 26.8 Å². The van der Waals surface area contributed by atoms with Gasteiger partial charge in [-0.15, -0.1) is 0 Å². The molecule has 2 aromatic heterocycles. The first-order chi connectivity index (χ1) is 11.5. The summed E-state index contributed by atoms with van der Waals surface area (Å²) < 4.78 is 20.6. The average molecular weight is 332 g/mol. The molecule has 128 valence electrons. The van der Waals surface area contributed by atoms with Gasteiger partial charge in [0.2, 0.25) is 0 Å². The number of nitrogen functional groups attached to an aromatic ring is 1. The Hall–Kier alpha value is -1.81. The summed E-state index contributed by atoms with van der Waals surface area (Å²) in [4.78, 5) is 12.6. The van der Waals surface area contributed by atoms with Crippen LogP contribution in [0, 0.1) is 5.92 Å². The number of ether oxygens (including phenoxy) is 3. The normalized spacial score (nSPS) is 39.6. The predicted octanol–water partition coefficient (Wildman–Crippen LogP) is 0.175. The van der Waals surface area contributed by atoms with Crippen molar-refractivity contribution in [3.05, 3.63) is 12.7 Å². The number of rotatable bonds is 2. The molecule has 0 radical (unpaired) electrons. The van der Waals surface area contributed by atoms with E-state index in [-0.39, 0.29) is 30.0 Å². The summed E-state index contributed by atoms with van der Waals surface area (Å²) in [5.41, 5.74) is 12.6. The maximum Gasteiger partial charge on any atom is 0.167 e. The Labute approximate surface area is 138 Å². The molecule has 1 spiro atoms. The Morgan fingerprint density at radius 3 is 2.83 bits per heavy atom. The number of fused-ring (bicyclic) bond motifs is 3. The molecule has 2 aliphatic heterocycles. The lowest BCUT2D eigenvalue weighted by atomic mass is 10.1. The lowest BCUT2D eigenvalue weighted by Gasteiger charge is -2.25. The van der Waals surface area contributed by atoms with Crippen molar-refractivity contribution in [1.29, 1.82) is 0 Å². The van der Waals surface area contributed by atoms with Crippen molar-refractivity contribution in [2.24, 2.45) is 11.7 Å². The van der Waals surface area contributed by atoms with Gasteiger partial charge in [0.25, 0.3) is 0 Å². The van der Waals surface area contributed by atoms with Gasteiger partial charge in [-0.25, -0.2) is 15.0 Å². The van der Waals surface area contributed by atoms with Crippen LogP contribution in [0.2, 0.25) is 0 Å². The molecule has 9 heteroatoms. The Kier molecular flexibility index (Phi) is 2.68. The molecule has 2 aromatic rings. The average Bonchev–Trinajstić information content (AvgIpc) is 2.78. The van der Waals surface area contributed by atoms with Crippen LogP contribution in [-0.4, -0.2) is 49.7 Å². The van der Waals surface area contributed by atoms with Gasteiger partial charge in [0.1, 0.15) is 29.7 Å². The smallest absolute Gasteiger partial charge is 0.167 e. The van der Waals surface area contributed by atoms with E-state index in [1.54, 1.807) is 6.33 Å². The fourth-order valence-corrected chi connectivity index (χ4v) is 4.11. The SMILES string of the molecule is CC1(C)OC2C(n3cnc4c(N)ncnc43)O[C@]3(C[C@@H]3CN)C2O1. The van der Waals surface area contributed by atoms with Gasteiger partial charge in [0.05, 0.1) is 6.33 Å². The summed E-state index contributed by atoms with van der Waals surface area (Å²) in [5, 5.41) is 0. The van der Waals surface area contributed by atoms with E-state index < -0.39 is 5.79 Å². The van der Waals surface area contributed by atoms with E-state index in [2.05, 4.69) is 15.0 Å². The van der Waals surface area contributed by atoms with E-state index in [9.17, 15) is 0 Å². The zero-order valence-electron chi connectivity index (χ0n) is 13.5. The number of nitrogens with two attached hydrogens (primary N) is 2. The van der Waals surface area contributed by atoms with E-state index in [4.69, 9.17) is 25.7 Å². The fourth-order valence-electron chi connectivity index (χ4n) is 4.11. The van der Waals surface area contributed by atoms with Gasteiger partial charge in [-0.1, -0.05) is 0 Å². The Morgan fingerprint density at radius 2 is 2.08 bits per heavy atom. The molecule has 0 amide bonds. The van der Waals surface area contributed by atoms with Crippen molar-refractivity contribution >= 4 is 17.0 Å². The van der Waals surface area contributed by atoms with Gasteiger partial charge in [-0.2, -0.15) is 0 Å². The molecule has 4 N–H and O–H groups in total. The van der Waals surface area contributed by atoms with Crippen molar-refractivity contribution in [2.75, 3.05) is 12.3 Å². The number of hydrogen-bond donors (Lipinski definition) is 2. The largest absolute Gasteiger partial charge is 0.382 e. The molecule has 5 rings (SSSR count). The lowest BCUT2D eigenvalue weighted by molar-refractivity contribution is -0.203. The first-order valence-electron chi connectivity index (χ1n) is 8.12. The molecule has 4 heterocycles. The second-order valence-corrected chi connectivity index (χ2v) is 7.20. The van der Waals surface area contributed by atoms with Crippen LogP contribution in [0.15, 0.2) is 12.7 Å².